The van der Waals surface area contributed by atoms with Crippen LogP contribution in [0.3, 0.4) is 0 Å². The summed E-state index contributed by atoms with van der Waals surface area (Å²) in [6.07, 6.45) is 0. The monoisotopic (exact) mass is 447 g/mol. The average Bonchev–Trinajstić information content (AvgIpc) is 3.37. The van der Waals surface area contributed by atoms with Crippen molar-refractivity contribution in [3.8, 4) is 5.69 Å². The second kappa shape index (κ2) is 8.45. The van der Waals surface area contributed by atoms with Gasteiger partial charge in [0, 0.05) is 22.9 Å². The van der Waals surface area contributed by atoms with Crippen molar-refractivity contribution in [1.82, 2.24) is 29.4 Å². The first-order chi connectivity index (χ1) is 15.6. The molecule has 10 nitrogen and oxygen atoms in total. The van der Waals surface area contributed by atoms with E-state index in [0.29, 0.717) is 11.6 Å². The molecule has 1 N–H and O–H groups in total. The number of para-hydroxylation sites is 1. The summed E-state index contributed by atoms with van der Waals surface area (Å²) in [7, 11) is 0. The third-order valence-electron chi connectivity index (χ3n) is 4.88. The van der Waals surface area contributed by atoms with E-state index in [-0.39, 0.29) is 11.2 Å². The highest BCUT2D eigenvalue weighted by molar-refractivity contribution is 5.94. The van der Waals surface area contributed by atoms with Crippen molar-refractivity contribution in [1.29, 1.82) is 0 Å². The molecule has 0 fully saturated rings. The van der Waals surface area contributed by atoms with Crippen molar-refractivity contribution < 1.29 is 14.3 Å². The highest BCUT2D eigenvalue weighted by Crippen LogP contribution is 2.26. The molecular formula is C23H25N7O3. The van der Waals surface area contributed by atoms with E-state index in [0.717, 1.165) is 22.8 Å². The van der Waals surface area contributed by atoms with Gasteiger partial charge in [-0.05, 0) is 32.0 Å². The third kappa shape index (κ3) is 4.74. The average molecular weight is 447 g/mol. The number of carbonyl (C=O) groups excluding carboxylic acids is 2. The number of rotatable bonds is 5. The Morgan fingerprint density at radius 3 is 2.45 bits per heavy atom. The minimum Gasteiger partial charge on any atom is -0.450 e. The number of fused-ring (bicyclic) bond motifs is 1. The van der Waals surface area contributed by atoms with E-state index in [1.165, 1.54) is 4.52 Å². The molecule has 0 aliphatic carbocycles. The maximum atomic E-state index is 12.6. The molecule has 4 rings (SSSR count). The lowest BCUT2D eigenvalue weighted by Gasteiger charge is -2.14. The fraction of sp³-hybridized carbons (Fsp3) is 0.304. The first-order valence-corrected chi connectivity index (χ1v) is 10.5. The number of carbonyl (C=O) groups is 2. The minimum absolute atomic E-state index is 0.159. The summed E-state index contributed by atoms with van der Waals surface area (Å²) < 4.78 is 8.24. The standard InChI is InChI=1S/C23H25N7O3/c1-14-11-15(2)29-22(24-14)26-20(28-29)21(32)33-13-19(31)25-18-12-17(23(3,4)5)27-30(18)16-9-7-6-8-10-16/h6-12H,13H2,1-5H3,(H,25,31). The number of amides is 1. The zero-order valence-corrected chi connectivity index (χ0v) is 19.2. The number of hydrogen-bond acceptors (Lipinski definition) is 7. The molecule has 33 heavy (non-hydrogen) atoms. The zero-order valence-electron chi connectivity index (χ0n) is 19.2. The zero-order chi connectivity index (χ0) is 23.8. The van der Waals surface area contributed by atoms with Gasteiger partial charge in [-0.1, -0.05) is 39.0 Å². The molecule has 4 aromatic rings. The summed E-state index contributed by atoms with van der Waals surface area (Å²) >= 11 is 0. The predicted octanol–water partition coefficient (Wildman–Crippen LogP) is 3.02. The van der Waals surface area contributed by atoms with Gasteiger partial charge in [0.2, 0.25) is 0 Å². The van der Waals surface area contributed by atoms with Gasteiger partial charge in [0.15, 0.2) is 6.61 Å². The fourth-order valence-corrected chi connectivity index (χ4v) is 3.23. The van der Waals surface area contributed by atoms with Gasteiger partial charge >= 0.3 is 5.97 Å². The number of nitrogens with zero attached hydrogens (tertiary/aromatic N) is 6. The van der Waals surface area contributed by atoms with E-state index in [1.54, 1.807) is 4.68 Å². The third-order valence-corrected chi connectivity index (χ3v) is 4.88. The molecule has 1 aromatic carbocycles. The summed E-state index contributed by atoms with van der Waals surface area (Å²) in [4.78, 5) is 33.3. The van der Waals surface area contributed by atoms with E-state index in [1.807, 2.05) is 77.1 Å². The van der Waals surface area contributed by atoms with Crippen LogP contribution >= 0.6 is 0 Å². The van der Waals surface area contributed by atoms with Gasteiger partial charge in [-0.25, -0.2) is 19.0 Å². The SMILES string of the molecule is Cc1cc(C)n2nc(C(=O)OCC(=O)Nc3cc(C(C)(C)C)nn3-c3ccccc3)nc2n1. The van der Waals surface area contributed by atoms with Gasteiger partial charge in [-0.15, -0.1) is 5.10 Å². The van der Waals surface area contributed by atoms with Crippen molar-refractivity contribution in [2.24, 2.45) is 0 Å². The van der Waals surface area contributed by atoms with Crippen LogP contribution in [0.4, 0.5) is 5.82 Å². The van der Waals surface area contributed by atoms with Crippen LogP contribution in [0.1, 0.15) is 48.5 Å². The first kappa shape index (κ1) is 22.1. The van der Waals surface area contributed by atoms with E-state index in [4.69, 9.17) is 4.74 Å². The Hall–Kier alpha value is -4.08. The molecular weight excluding hydrogens is 422 g/mol. The topological polar surface area (TPSA) is 116 Å². The largest absolute Gasteiger partial charge is 0.450 e. The van der Waals surface area contributed by atoms with Crippen LogP contribution in [0.25, 0.3) is 11.5 Å². The summed E-state index contributed by atoms with van der Waals surface area (Å²) in [5, 5.41) is 11.6. The Morgan fingerprint density at radius 2 is 1.76 bits per heavy atom. The van der Waals surface area contributed by atoms with Gasteiger partial charge < -0.3 is 10.1 Å². The van der Waals surface area contributed by atoms with E-state index in [9.17, 15) is 9.59 Å². The van der Waals surface area contributed by atoms with Crippen molar-refractivity contribution in [2.75, 3.05) is 11.9 Å². The van der Waals surface area contributed by atoms with E-state index >= 15 is 0 Å². The highest BCUT2D eigenvalue weighted by Gasteiger charge is 2.22. The molecule has 0 atom stereocenters. The Kier molecular flexibility index (Phi) is 5.67. The molecule has 170 valence electrons. The molecule has 0 saturated heterocycles. The van der Waals surface area contributed by atoms with Crippen LogP contribution in [0.2, 0.25) is 0 Å². The number of nitrogens with one attached hydrogen (secondary N) is 1. The number of ether oxygens (including phenoxy) is 1. The number of aromatic nitrogens is 6. The fourth-order valence-electron chi connectivity index (χ4n) is 3.23. The number of hydrogen-bond donors (Lipinski definition) is 1. The molecule has 0 unspecified atom stereocenters. The van der Waals surface area contributed by atoms with E-state index in [2.05, 4.69) is 25.5 Å². The number of esters is 1. The maximum absolute atomic E-state index is 12.6. The van der Waals surface area contributed by atoms with Crippen LogP contribution < -0.4 is 5.32 Å². The smallest absolute Gasteiger partial charge is 0.378 e. The lowest BCUT2D eigenvalue weighted by atomic mass is 9.92. The van der Waals surface area contributed by atoms with Crippen molar-refractivity contribution in [2.45, 2.75) is 40.0 Å². The molecule has 0 radical (unpaired) electrons. The van der Waals surface area contributed by atoms with Crippen LogP contribution in [-0.4, -0.2) is 47.8 Å². The quantitative estimate of drug-likeness (QED) is 0.468. The Balaban J connectivity index is 1.48. The summed E-state index contributed by atoms with van der Waals surface area (Å²) in [5.41, 5.74) is 2.94. The van der Waals surface area contributed by atoms with Crippen LogP contribution in [-0.2, 0) is 14.9 Å². The van der Waals surface area contributed by atoms with Crippen molar-refractivity contribution in [3.63, 3.8) is 0 Å². The van der Waals surface area contributed by atoms with Crippen molar-refractivity contribution in [3.05, 3.63) is 65.4 Å². The van der Waals surface area contributed by atoms with Gasteiger partial charge in [-0.3, -0.25) is 4.79 Å². The Morgan fingerprint density at radius 1 is 1.03 bits per heavy atom. The summed E-state index contributed by atoms with van der Waals surface area (Å²) in [6.45, 7) is 9.29. The van der Waals surface area contributed by atoms with Gasteiger partial charge in [0.25, 0.3) is 17.5 Å². The Bertz CT molecular complexity index is 1330. The lowest BCUT2D eigenvalue weighted by molar-refractivity contribution is -0.119. The normalized spacial score (nSPS) is 11.5. The van der Waals surface area contributed by atoms with Crippen LogP contribution in [0.5, 0.6) is 0 Å². The molecule has 1 amide bonds. The molecule has 0 aliphatic heterocycles. The highest BCUT2D eigenvalue weighted by atomic mass is 16.5. The number of anilines is 1. The lowest BCUT2D eigenvalue weighted by Crippen LogP contribution is -2.22. The minimum atomic E-state index is -0.806. The predicted molar refractivity (Wildman–Crippen MR) is 121 cm³/mol. The first-order valence-electron chi connectivity index (χ1n) is 10.5. The molecule has 10 heteroatoms. The number of aryl methyl sites for hydroxylation is 2. The van der Waals surface area contributed by atoms with Gasteiger partial charge in [-0.2, -0.15) is 10.1 Å². The molecule has 3 heterocycles. The Labute approximate surface area is 190 Å². The van der Waals surface area contributed by atoms with Crippen LogP contribution in [0, 0.1) is 13.8 Å². The van der Waals surface area contributed by atoms with Crippen molar-refractivity contribution >= 4 is 23.5 Å². The second-order valence-corrected chi connectivity index (χ2v) is 8.72. The second-order valence-electron chi connectivity index (χ2n) is 8.72. The number of benzene rings is 1. The van der Waals surface area contributed by atoms with Crippen LogP contribution in [0.15, 0.2) is 42.5 Å². The maximum Gasteiger partial charge on any atom is 0.378 e. The van der Waals surface area contributed by atoms with Gasteiger partial charge in [0.05, 0.1) is 11.4 Å². The molecule has 0 spiro atoms. The van der Waals surface area contributed by atoms with E-state index < -0.39 is 18.5 Å². The molecule has 0 saturated carbocycles. The summed E-state index contributed by atoms with van der Waals surface area (Å²) in [6, 6.07) is 13.1. The molecule has 0 bridgehead atoms. The molecule has 0 aliphatic rings. The molecule has 3 aromatic heterocycles. The summed E-state index contributed by atoms with van der Waals surface area (Å²) in [5.74, 6) is -0.693. The van der Waals surface area contributed by atoms with Gasteiger partial charge in [0.1, 0.15) is 5.82 Å².